The number of carbonyl (C=O) groups excluding carboxylic acids is 2. The Morgan fingerprint density at radius 1 is 1.18 bits per heavy atom. The molecule has 1 aliphatic rings. The number of ketones is 1. The van der Waals surface area contributed by atoms with Crippen molar-refractivity contribution < 1.29 is 28.9 Å². The lowest BCUT2D eigenvalue weighted by atomic mass is 9.95. The fourth-order valence-corrected chi connectivity index (χ4v) is 3.96. The fourth-order valence-electron chi connectivity index (χ4n) is 3.96. The van der Waals surface area contributed by atoms with Crippen LogP contribution in [0.2, 0.25) is 0 Å². The van der Waals surface area contributed by atoms with Crippen LogP contribution in [-0.4, -0.2) is 50.0 Å². The molecule has 33 heavy (non-hydrogen) atoms. The van der Waals surface area contributed by atoms with E-state index in [0.717, 1.165) is 6.07 Å². The number of aromatic hydroxyl groups is 1. The van der Waals surface area contributed by atoms with Crippen molar-refractivity contribution in [2.75, 3.05) is 13.7 Å². The molecule has 0 saturated carbocycles. The van der Waals surface area contributed by atoms with Gasteiger partial charge in [0.05, 0.1) is 25.1 Å². The molecule has 3 aromatic rings. The van der Waals surface area contributed by atoms with E-state index >= 15 is 0 Å². The number of imidazole rings is 1. The highest BCUT2D eigenvalue weighted by molar-refractivity contribution is 6.46. The number of phenolic OH excluding ortho intramolecular Hbond substituents is 1. The Labute approximate surface area is 189 Å². The summed E-state index contributed by atoms with van der Waals surface area (Å²) in [4.78, 5) is 31.3. The Bertz CT molecular complexity index is 1220. The van der Waals surface area contributed by atoms with Gasteiger partial charge in [-0.05, 0) is 42.3 Å². The number of aromatic nitrogens is 2. The third kappa shape index (κ3) is 4.30. The van der Waals surface area contributed by atoms with Crippen molar-refractivity contribution in [1.82, 2.24) is 14.5 Å². The topological polar surface area (TPSA) is 105 Å². The second-order valence-electron chi connectivity index (χ2n) is 7.59. The van der Waals surface area contributed by atoms with E-state index in [1.165, 1.54) is 36.3 Å². The molecule has 9 heteroatoms. The van der Waals surface area contributed by atoms with E-state index in [9.17, 15) is 24.2 Å². The number of phenols is 1. The van der Waals surface area contributed by atoms with Crippen LogP contribution in [0.1, 0.15) is 23.6 Å². The Hall–Kier alpha value is -4.14. The van der Waals surface area contributed by atoms with Crippen molar-refractivity contribution in [3.8, 4) is 11.5 Å². The van der Waals surface area contributed by atoms with E-state index in [0.29, 0.717) is 18.5 Å². The molecule has 0 unspecified atom stereocenters. The number of likely N-dealkylation sites (tertiary alicyclic amines) is 1. The van der Waals surface area contributed by atoms with Gasteiger partial charge in [-0.25, -0.2) is 9.37 Å². The molecule has 1 aromatic heterocycles. The zero-order valence-corrected chi connectivity index (χ0v) is 17.8. The minimum absolute atomic E-state index is 0.0176. The molecule has 1 amide bonds. The number of hydrogen-bond acceptors (Lipinski definition) is 6. The summed E-state index contributed by atoms with van der Waals surface area (Å²) in [7, 11) is 1.31. The van der Waals surface area contributed by atoms with Gasteiger partial charge in [-0.3, -0.25) is 9.59 Å². The van der Waals surface area contributed by atoms with E-state index in [1.54, 1.807) is 30.9 Å². The first-order valence-electron chi connectivity index (χ1n) is 10.3. The molecule has 0 bridgehead atoms. The van der Waals surface area contributed by atoms with Crippen LogP contribution < -0.4 is 4.74 Å². The fraction of sp³-hybridized carbons (Fsp3) is 0.208. The number of ether oxygens (including phenoxy) is 1. The molecular formula is C24H22FN3O5. The molecular weight excluding hydrogens is 429 g/mol. The highest BCUT2D eigenvalue weighted by atomic mass is 19.1. The average Bonchev–Trinajstić information content (AvgIpc) is 3.41. The van der Waals surface area contributed by atoms with Crippen molar-refractivity contribution in [1.29, 1.82) is 0 Å². The normalized spacial score (nSPS) is 17.5. The molecule has 8 nitrogen and oxygen atoms in total. The Morgan fingerprint density at radius 2 is 2.00 bits per heavy atom. The van der Waals surface area contributed by atoms with Crippen LogP contribution in [0.5, 0.6) is 11.5 Å². The van der Waals surface area contributed by atoms with Gasteiger partial charge in [0.2, 0.25) is 0 Å². The van der Waals surface area contributed by atoms with Crippen LogP contribution in [0, 0.1) is 5.82 Å². The molecule has 1 fully saturated rings. The number of halogens is 1. The largest absolute Gasteiger partial charge is 0.508 e. The maximum Gasteiger partial charge on any atom is 0.295 e. The van der Waals surface area contributed by atoms with E-state index in [-0.39, 0.29) is 29.2 Å². The Balaban J connectivity index is 1.75. The van der Waals surface area contributed by atoms with Crippen molar-refractivity contribution in [3.05, 3.63) is 83.7 Å². The molecule has 0 spiro atoms. The highest BCUT2D eigenvalue weighted by Gasteiger charge is 2.45. The van der Waals surface area contributed by atoms with Crippen LogP contribution in [0.3, 0.4) is 0 Å². The molecule has 2 heterocycles. The quantitative estimate of drug-likeness (QED) is 0.325. The number of aliphatic hydroxyl groups is 1. The summed E-state index contributed by atoms with van der Waals surface area (Å²) in [6, 6.07) is 8.97. The first kappa shape index (κ1) is 22.1. The predicted octanol–water partition coefficient (Wildman–Crippen LogP) is 3.25. The van der Waals surface area contributed by atoms with Gasteiger partial charge >= 0.3 is 0 Å². The van der Waals surface area contributed by atoms with Gasteiger partial charge in [0.25, 0.3) is 11.7 Å². The minimum Gasteiger partial charge on any atom is -0.508 e. The summed E-state index contributed by atoms with van der Waals surface area (Å²) in [5.41, 5.74) is 0.319. The lowest BCUT2D eigenvalue weighted by Gasteiger charge is -2.25. The number of nitrogens with zero attached hydrogens (tertiary/aromatic N) is 3. The Morgan fingerprint density at radius 3 is 2.67 bits per heavy atom. The maximum absolute atomic E-state index is 14.3. The zero-order chi connectivity index (χ0) is 23.5. The monoisotopic (exact) mass is 451 g/mol. The van der Waals surface area contributed by atoms with Crippen LogP contribution in [0.25, 0.3) is 5.76 Å². The number of carbonyl (C=O) groups is 2. The van der Waals surface area contributed by atoms with Gasteiger partial charge in [-0.1, -0.05) is 12.1 Å². The smallest absolute Gasteiger partial charge is 0.295 e. The van der Waals surface area contributed by atoms with Gasteiger partial charge in [-0.2, -0.15) is 0 Å². The first-order chi connectivity index (χ1) is 15.9. The maximum atomic E-state index is 14.3. The third-order valence-electron chi connectivity index (χ3n) is 5.53. The van der Waals surface area contributed by atoms with Crippen molar-refractivity contribution in [2.24, 2.45) is 0 Å². The van der Waals surface area contributed by atoms with Crippen LogP contribution in [-0.2, 0) is 16.1 Å². The van der Waals surface area contributed by atoms with Crippen LogP contribution in [0.4, 0.5) is 4.39 Å². The molecule has 2 aromatic carbocycles. The number of aliphatic hydroxyl groups excluding tert-OH is 1. The Kier molecular flexibility index (Phi) is 6.12. The predicted molar refractivity (Wildman–Crippen MR) is 117 cm³/mol. The van der Waals surface area contributed by atoms with Crippen LogP contribution in [0.15, 0.2) is 66.8 Å². The second-order valence-corrected chi connectivity index (χ2v) is 7.59. The number of rotatable bonds is 7. The van der Waals surface area contributed by atoms with E-state index in [1.807, 2.05) is 4.57 Å². The van der Waals surface area contributed by atoms with Gasteiger partial charge in [0.15, 0.2) is 11.6 Å². The number of methoxy groups -OCH3 is 1. The van der Waals surface area contributed by atoms with Gasteiger partial charge < -0.3 is 24.4 Å². The zero-order valence-electron chi connectivity index (χ0n) is 17.8. The van der Waals surface area contributed by atoms with E-state index in [4.69, 9.17) is 4.74 Å². The van der Waals surface area contributed by atoms with Crippen molar-refractivity contribution >= 4 is 17.4 Å². The minimum atomic E-state index is -0.940. The number of amides is 1. The SMILES string of the molecule is COc1ccc(C(O)=C2C(=O)C(=O)N(CCCn3ccnc3)[C@H]2c2cccc(O)c2)cc1F. The molecule has 0 aliphatic carbocycles. The number of benzene rings is 2. The van der Waals surface area contributed by atoms with E-state index < -0.39 is 29.3 Å². The van der Waals surface area contributed by atoms with Gasteiger partial charge in [0, 0.05) is 31.0 Å². The molecule has 0 radical (unpaired) electrons. The number of Topliss-reactive ketones (excluding diaryl/α,β-unsaturated/α-hetero) is 1. The molecule has 1 atom stereocenters. The number of hydrogen-bond donors (Lipinski definition) is 2. The first-order valence-corrected chi connectivity index (χ1v) is 10.3. The lowest BCUT2D eigenvalue weighted by molar-refractivity contribution is -0.139. The molecule has 2 N–H and O–H groups in total. The second kappa shape index (κ2) is 9.15. The molecule has 1 saturated heterocycles. The van der Waals surface area contributed by atoms with Crippen molar-refractivity contribution in [3.63, 3.8) is 0 Å². The van der Waals surface area contributed by atoms with Crippen LogP contribution >= 0.6 is 0 Å². The van der Waals surface area contributed by atoms with E-state index in [2.05, 4.69) is 4.98 Å². The van der Waals surface area contributed by atoms with Gasteiger partial charge in [0.1, 0.15) is 11.5 Å². The summed E-state index contributed by atoms with van der Waals surface area (Å²) >= 11 is 0. The molecule has 1 aliphatic heterocycles. The summed E-state index contributed by atoms with van der Waals surface area (Å²) < 4.78 is 21.0. The summed E-state index contributed by atoms with van der Waals surface area (Å²) in [5, 5.41) is 21.0. The molecule has 4 rings (SSSR count). The molecule has 170 valence electrons. The highest BCUT2D eigenvalue weighted by Crippen LogP contribution is 2.40. The standard InChI is InChI=1S/C24H22FN3O5/c1-33-19-7-6-16(13-18(19)25)22(30)20-21(15-4-2-5-17(29)12-15)28(24(32)23(20)31)10-3-9-27-11-8-26-14-27/h2,4-8,11-14,21,29-30H,3,9-10H2,1H3/t21-/m0/s1. The number of aryl methyl sites for hydroxylation is 1. The summed E-state index contributed by atoms with van der Waals surface area (Å²) in [5.74, 6) is -2.93. The van der Waals surface area contributed by atoms with Crippen molar-refractivity contribution in [2.45, 2.75) is 19.0 Å². The third-order valence-corrected chi connectivity index (χ3v) is 5.53. The average molecular weight is 451 g/mol. The van der Waals surface area contributed by atoms with Gasteiger partial charge in [-0.15, -0.1) is 0 Å². The lowest BCUT2D eigenvalue weighted by Crippen LogP contribution is -2.31. The summed E-state index contributed by atoms with van der Waals surface area (Å²) in [6.07, 6.45) is 5.61. The summed E-state index contributed by atoms with van der Waals surface area (Å²) in [6.45, 7) is 0.788.